The van der Waals surface area contributed by atoms with E-state index in [4.69, 9.17) is 28.7 Å². The van der Waals surface area contributed by atoms with Gasteiger partial charge in [-0.15, -0.1) is 0 Å². The van der Waals surface area contributed by atoms with E-state index in [0.717, 1.165) is 63.3 Å². The van der Waals surface area contributed by atoms with Gasteiger partial charge in [0.05, 0.1) is 39.8 Å². The van der Waals surface area contributed by atoms with Crippen molar-refractivity contribution in [2.45, 2.75) is 64.2 Å². The van der Waals surface area contributed by atoms with Crippen LogP contribution < -0.4 is 10.6 Å². The van der Waals surface area contributed by atoms with Gasteiger partial charge in [0.2, 0.25) is 0 Å². The lowest BCUT2D eigenvalue weighted by Gasteiger charge is -2.08. The van der Waals surface area contributed by atoms with Gasteiger partial charge < -0.3 is 38.8 Å². The summed E-state index contributed by atoms with van der Waals surface area (Å²) in [4.78, 5) is 38.4. The van der Waals surface area contributed by atoms with E-state index in [1.807, 2.05) is 11.8 Å². The standard InChI is InChI=1S/C25H51N2O9PS/c28-14-8-6-4-2-1-3-5-7-11-27-24-36-15-10-22-38-21-9-12-26-13-16-33-17-18-34-19-20-35-23-25(29)37(30,31)32/h14,26-27H,1-13,15-24H2,(H2,30,31,32). The van der Waals surface area contributed by atoms with Gasteiger partial charge in [-0.05, 0) is 50.3 Å². The second-order valence-corrected chi connectivity index (χ2v) is 11.6. The first-order valence-corrected chi connectivity index (χ1v) is 16.6. The summed E-state index contributed by atoms with van der Waals surface area (Å²) in [7, 11) is -4.70. The highest BCUT2D eigenvalue weighted by Crippen LogP contribution is 2.35. The fraction of sp³-hybridized carbons (Fsp3) is 0.920. The fourth-order valence-electron chi connectivity index (χ4n) is 3.20. The Morgan fingerprint density at radius 1 is 0.684 bits per heavy atom. The Hall–Kier alpha value is -0.400. The molecule has 0 aliphatic heterocycles. The molecule has 4 N–H and O–H groups in total. The second kappa shape index (κ2) is 29.6. The third-order valence-corrected chi connectivity index (χ3v) is 7.25. The molecule has 0 fully saturated rings. The van der Waals surface area contributed by atoms with Gasteiger partial charge in [-0.1, -0.05) is 32.1 Å². The molecule has 0 saturated carbocycles. The minimum absolute atomic E-state index is 0.0861. The van der Waals surface area contributed by atoms with Crippen molar-refractivity contribution in [1.29, 1.82) is 0 Å². The number of thioether (sulfide) groups is 1. The third-order valence-electron chi connectivity index (χ3n) is 5.32. The number of unbranched alkanes of at least 4 members (excludes halogenated alkanes) is 7. The number of aldehydes is 1. The Bertz CT molecular complexity index is 585. The average molecular weight is 587 g/mol. The molecule has 0 saturated heterocycles. The zero-order valence-corrected chi connectivity index (χ0v) is 24.7. The summed E-state index contributed by atoms with van der Waals surface area (Å²) in [5.41, 5.74) is -1.23. The SMILES string of the molecule is O=CCCCCCCCCCNCOCCCSCCCNCCOCCOCCOCC(=O)P(=O)(O)O. The number of hydrogen-bond donors (Lipinski definition) is 4. The molecule has 0 amide bonds. The van der Waals surface area contributed by atoms with E-state index >= 15 is 0 Å². The highest BCUT2D eigenvalue weighted by atomic mass is 32.2. The first-order valence-electron chi connectivity index (χ1n) is 13.8. The van der Waals surface area contributed by atoms with Gasteiger partial charge in [-0.2, -0.15) is 11.8 Å². The number of hydrogen-bond acceptors (Lipinski definition) is 10. The highest BCUT2D eigenvalue weighted by molar-refractivity contribution is 7.99. The van der Waals surface area contributed by atoms with Crippen LogP contribution >= 0.6 is 19.4 Å². The van der Waals surface area contributed by atoms with Crippen LogP contribution in [0.1, 0.15) is 64.2 Å². The van der Waals surface area contributed by atoms with Gasteiger partial charge >= 0.3 is 7.60 Å². The van der Waals surface area contributed by atoms with Crippen LogP contribution in [0.15, 0.2) is 0 Å². The summed E-state index contributed by atoms with van der Waals surface area (Å²) >= 11 is 1.95. The van der Waals surface area contributed by atoms with E-state index in [1.165, 1.54) is 38.5 Å². The van der Waals surface area contributed by atoms with Crippen molar-refractivity contribution in [2.24, 2.45) is 0 Å². The van der Waals surface area contributed by atoms with Crippen LogP contribution in [0.2, 0.25) is 0 Å². The summed E-state index contributed by atoms with van der Waals surface area (Å²) in [6.07, 6.45) is 12.3. The average Bonchev–Trinajstić information content (AvgIpc) is 2.89. The lowest BCUT2D eigenvalue weighted by Crippen LogP contribution is -2.22. The molecule has 0 heterocycles. The summed E-state index contributed by atoms with van der Waals surface area (Å²) in [5.74, 6) is 2.24. The number of ether oxygens (including phenoxy) is 4. The maximum absolute atomic E-state index is 11.0. The van der Waals surface area contributed by atoms with Gasteiger partial charge in [-0.25, -0.2) is 0 Å². The molecule has 0 aromatic rings. The molecule has 0 atom stereocenters. The van der Waals surface area contributed by atoms with E-state index in [1.54, 1.807) is 0 Å². The van der Waals surface area contributed by atoms with E-state index in [9.17, 15) is 14.2 Å². The zero-order valence-electron chi connectivity index (χ0n) is 22.9. The Balaban J connectivity index is 3.09. The zero-order chi connectivity index (χ0) is 28.0. The van der Waals surface area contributed by atoms with Gasteiger partial charge in [0, 0.05) is 19.6 Å². The van der Waals surface area contributed by atoms with Crippen molar-refractivity contribution in [2.75, 3.05) is 84.1 Å². The summed E-state index contributed by atoms with van der Waals surface area (Å²) in [6.45, 7) is 5.30. The molecular weight excluding hydrogens is 535 g/mol. The van der Waals surface area contributed by atoms with E-state index in [-0.39, 0.29) is 13.2 Å². The first-order chi connectivity index (χ1) is 18.5. The van der Waals surface area contributed by atoms with Crippen LogP contribution in [-0.4, -0.2) is 106 Å². The first kappa shape index (κ1) is 37.6. The predicted molar refractivity (Wildman–Crippen MR) is 151 cm³/mol. The Morgan fingerprint density at radius 3 is 2.00 bits per heavy atom. The normalized spacial score (nSPS) is 11.7. The smallest absolute Gasteiger partial charge is 0.378 e. The molecule has 0 rings (SSSR count). The number of rotatable bonds is 32. The monoisotopic (exact) mass is 586 g/mol. The summed E-state index contributed by atoms with van der Waals surface area (Å²) in [6, 6.07) is 0. The minimum atomic E-state index is -4.70. The number of carbonyl (C=O) groups excluding carboxylic acids is 2. The van der Waals surface area contributed by atoms with Crippen LogP contribution in [0.4, 0.5) is 0 Å². The summed E-state index contributed by atoms with van der Waals surface area (Å²) < 4.78 is 31.8. The van der Waals surface area contributed by atoms with Gasteiger partial charge in [0.15, 0.2) is 0 Å². The van der Waals surface area contributed by atoms with Crippen LogP contribution in [0.25, 0.3) is 0 Å². The van der Waals surface area contributed by atoms with Crippen molar-refractivity contribution < 1.29 is 42.9 Å². The van der Waals surface area contributed by atoms with E-state index < -0.39 is 19.7 Å². The molecule has 38 heavy (non-hydrogen) atoms. The lowest BCUT2D eigenvalue weighted by atomic mass is 10.1. The fourth-order valence-corrected chi connectivity index (χ4v) is 4.33. The second-order valence-electron chi connectivity index (χ2n) is 8.77. The van der Waals surface area contributed by atoms with E-state index in [2.05, 4.69) is 10.6 Å². The molecular formula is C25H51N2O9PS. The molecule has 0 unspecified atom stereocenters. The van der Waals surface area contributed by atoms with Gasteiger partial charge in [0.25, 0.3) is 5.52 Å². The van der Waals surface area contributed by atoms with Gasteiger partial charge in [0.1, 0.15) is 12.9 Å². The molecule has 0 aliphatic rings. The molecule has 0 aromatic heterocycles. The molecule has 226 valence electrons. The van der Waals surface area contributed by atoms with Crippen molar-refractivity contribution in [1.82, 2.24) is 10.6 Å². The Kier molecular flexibility index (Phi) is 29.3. The van der Waals surface area contributed by atoms with Crippen LogP contribution in [0, 0.1) is 0 Å². The molecule has 13 heteroatoms. The molecule has 0 radical (unpaired) electrons. The van der Waals surface area contributed by atoms with Crippen molar-refractivity contribution >= 4 is 31.2 Å². The maximum atomic E-state index is 11.0. The predicted octanol–water partition coefficient (Wildman–Crippen LogP) is 2.73. The van der Waals surface area contributed by atoms with E-state index in [0.29, 0.717) is 33.0 Å². The topological polar surface area (TPSA) is 153 Å². The molecule has 0 aromatic carbocycles. The quantitative estimate of drug-likeness (QED) is 0.0397. The van der Waals surface area contributed by atoms with Crippen LogP contribution in [0.5, 0.6) is 0 Å². The number of carbonyl (C=O) groups is 2. The maximum Gasteiger partial charge on any atom is 0.394 e. The van der Waals surface area contributed by atoms with Crippen molar-refractivity contribution in [3.63, 3.8) is 0 Å². The van der Waals surface area contributed by atoms with Crippen molar-refractivity contribution in [3.05, 3.63) is 0 Å². The molecule has 0 spiro atoms. The van der Waals surface area contributed by atoms with Crippen LogP contribution in [0.3, 0.4) is 0 Å². The highest BCUT2D eigenvalue weighted by Gasteiger charge is 2.25. The molecule has 0 bridgehead atoms. The lowest BCUT2D eigenvalue weighted by molar-refractivity contribution is -0.118. The van der Waals surface area contributed by atoms with Crippen LogP contribution in [-0.2, 0) is 33.1 Å². The molecule has 0 aliphatic carbocycles. The Labute approximate surface area is 233 Å². The number of nitrogens with one attached hydrogen (secondary N) is 2. The largest absolute Gasteiger partial charge is 0.394 e. The third kappa shape index (κ3) is 30.1. The Morgan fingerprint density at radius 2 is 1.29 bits per heavy atom. The van der Waals surface area contributed by atoms with Crippen molar-refractivity contribution in [3.8, 4) is 0 Å². The van der Waals surface area contributed by atoms with Gasteiger partial charge in [-0.3, -0.25) is 14.7 Å². The minimum Gasteiger partial charge on any atom is -0.378 e. The molecule has 11 nitrogen and oxygen atoms in total. The summed E-state index contributed by atoms with van der Waals surface area (Å²) in [5, 5.41) is 6.68.